The first kappa shape index (κ1) is 25.0. The molecule has 0 saturated heterocycles. The van der Waals surface area contributed by atoms with E-state index in [0.717, 1.165) is 39.9 Å². The maximum atomic E-state index is 6.65. The maximum Gasteiger partial charge on any atom is 0.135 e. The van der Waals surface area contributed by atoms with E-state index in [-0.39, 0.29) is 11.3 Å². The lowest BCUT2D eigenvalue weighted by molar-refractivity contribution is 0.377. The SMILES string of the molecule is CC1(C)c2ccccc2-c2ccc(-c3ccc4c5c(cccc35)C3CC(c5ccc6oc7ccccc7c6c5)=CC=C3O4)cc21. The summed E-state index contributed by atoms with van der Waals surface area (Å²) in [5.74, 6) is 2.14. The highest BCUT2D eigenvalue weighted by molar-refractivity contribution is 6.06. The van der Waals surface area contributed by atoms with E-state index in [1.54, 1.807) is 0 Å². The number of ether oxygens (including phenoxy) is 1. The van der Waals surface area contributed by atoms with Crippen molar-refractivity contribution in [1.82, 2.24) is 0 Å². The van der Waals surface area contributed by atoms with Gasteiger partial charge in [-0.1, -0.05) is 105 Å². The summed E-state index contributed by atoms with van der Waals surface area (Å²) in [6, 6.07) is 42.0. The Kier molecular flexibility index (Phi) is 4.93. The van der Waals surface area contributed by atoms with E-state index in [2.05, 4.69) is 129 Å². The van der Waals surface area contributed by atoms with Gasteiger partial charge >= 0.3 is 0 Å². The van der Waals surface area contributed by atoms with E-state index in [1.807, 2.05) is 12.1 Å². The van der Waals surface area contributed by atoms with Gasteiger partial charge in [0.25, 0.3) is 0 Å². The monoisotopic (exact) mass is 578 g/mol. The quantitative estimate of drug-likeness (QED) is 0.204. The summed E-state index contributed by atoms with van der Waals surface area (Å²) < 4.78 is 12.8. The highest BCUT2D eigenvalue weighted by atomic mass is 16.5. The summed E-state index contributed by atoms with van der Waals surface area (Å²) in [4.78, 5) is 0. The average molecular weight is 579 g/mol. The molecule has 2 heteroatoms. The van der Waals surface area contributed by atoms with E-state index in [0.29, 0.717) is 0 Å². The molecule has 0 N–H and O–H groups in total. The van der Waals surface area contributed by atoms with Crippen molar-refractivity contribution in [3.8, 4) is 28.0 Å². The number of hydrogen-bond donors (Lipinski definition) is 0. The number of hydrogen-bond acceptors (Lipinski definition) is 2. The molecule has 7 aromatic rings. The van der Waals surface area contributed by atoms with Crippen LogP contribution in [0.15, 0.2) is 138 Å². The molecule has 214 valence electrons. The maximum absolute atomic E-state index is 6.65. The number of rotatable bonds is 2. The fraction of sp³-hybridized carbons (Fsp3) is 0.116. The molecule has 1 atom stereocenters. The number of benzene rings is 6. The van der Waals surface area contributed by atoms with Crippen LogP contribution in [-0.2, 0) is 5.41 Å². The van der Waals surface area contributed by atoms with E-state index in [4.69, 9.17) is 9.15 Å². The van der Waals surface area contributed by atoms with Crippen LogP contribution in [0.25, 0.3) is 60.5 Å². The molecular weight excluding hydrogens is 548 g/mol. The Balaban J connectivity index is 1.06. The molecule has 2 heterocycles. The van der Waals surface area contributed by atoms with Gasteiger partial charge in [0.05, 0.1) is 0 Å². The van der Waals surface area contributed by atoms with Crippen LogP contribution in [0, 0.1) is 0 Å². The van der Waals surface area contributed by atoms with Crippen LogP contribution in [0.5, 0.6) is 5.75 Å². The van der Waals surface area contributed by atoms with Crippen molar-refractivity contribution in [2.45, 2.75) is 31.6 Å². The van der Waals surface area contributed by atoms with Gasteiger partial charge in [-0.15, -0.1) is 0 Å². The normalized spacial score (nSPS) is 17.4. The molecule has 0 saturated carbocycles. The molecule has 2 aliphatic carbocycles. The second-order valence-corrected chi connectivity index (χ2v) is 13.2. The van der Waals surface area contributed by atoms with Crippen molar-refractivity contribution < 1.29 is 9.15 Å². The Morgan fingerprint density at radius 1 is 0.600 bits per heavy atom. The standard InChI is InChI=1S/C43H30O2/c1-43(2)36-12-5-3-8-29(36)30-17-14-27(24-37(30)43)28-18-21-41-42-32(28)10-7-11-33(42)35-23-26(16-20-40(35)45-41)25-15-19-39-34(22-25)31-9-4-6-13-38(31)44-39/h3-22,24,35H,23H2,1-2H3. The summed E-state index contributed by atoms with van der Waals surface area (Å²) in [5.41, 5.74) is 13.7. The Hall–Kier alpha value is -5.34. The molecule has 3 aliphatic rings. The lowest BCUT2D eigenvalue weighted by atomic mass is 9.79. The molecule has 0 radical (unpaired) electrons. The van der Waals surface area contributed by atoms with Crippen molar-refractivity contribution in [2.24, 2.45) is 0 Å². The van der Waals surface area contributed by atoms with Crippen LogP contribution >= 0.6 is 0 Å². The largest absolute Gasteiger partial charge is 0.460 e. The van der Waals surface area contributed by atoms with Gasteiger partial charge in [0.2, 0.25) is 0 Å². The van der Waals surface area contributed by atoms with Crippen LogP contribution in [0.4, 0.5) is 0 Å². The Morgan fingerprint density at radius 3 is 2.33 bits per heavy atom. The molecule has 0 fully saturated rings. The summed E-state index contributed by atoms with van der Waals surface area (Å²) in [7, 11) is 0. The molecule has 1 unspecified atom stereocenters. The lowest BCUT2D eigenvalue weighted by Gasteiger charge is -2.32. The predicted octanol–water partition coefficient (Wildman–Crippen LogP) is 11.6. The summed E-state index contributed by atoms with van der Waals surface area (Å²) in [6.45, 7) is 4.70. The molecule has 2 nitrogen and oxygen atoms in total. The molecular formula is C43H30O2. The van der Waals surface area contributed by atoms with Crippen molar-refractivity contribution in [2.75, 3.05) is 0 Å². The zero-order valence-electron chi connectivity index (χ0n) is 25.2. The van der Waals surface area contributed by atoms with Crippen LogP contribution in [0.3, 0.4) is 0 Å². The summed E-state index contributed by atoms with van der Waals surface area (Å²) in [6.07, 6.45) is 5.30. The van der Waals surface area contributed by atoms with Gasteiger partial charge in [0.15, 0.2) is 0 Å². The minimum absolute atomic E-state index is 0.0340. The molecule has 0 spiro atoms. The van der Waals surface area contributed by atoms with Crippen molar-refractivity contribution in [1.29, 1.82) is 0 Å². The van der Waals surface area contributed by atoms with Gasteiger partial charge in [0.1, 0.15) is 22.7 Å². The van der Waals surface area contributed by atoms with Gasteiger partial charge in [-0.25, -0.2) is 0 Å². The minimum Gasteiger partial charge on any atom is -0.460 e. The fourth-order valence-corrected chi connectivity index (χ4v) is 8.22. The summed E-state index contributed by atoms with van der Waals surface area (Å²) in [5, 5.41) is 4.81. The molecule has 0 bridgehead atoms. The highest BCUT2D eigenvalue weighted by Gasteiger charge is 2.36. The van der Waals surface area contributed by atoms with Gasteiger partial charge in [0, 0.05) is 27.5 Å². The third-order valence-corrected chi connectivity index (χ3v) is 10.5. The molecule has 0 amide bonds. The van der Waals surface area contributed by atoms with Gasteiger partial charge in [-0.05, 0) is 98.3 Å². The molecule has 1 aliphatic heterocycles. The first-order valence-corrected chi connectivity index (χ1v) is 15.9. The van der Waals surface area contributed by atoms with E-state index >= 15 is 0 Å². The third-order valence-electron chi connectivity index (χ3n) is 10.5. The van der Waals surface area contributed by atoms with E-state index in [9.17, 15) is 0 Å². The topological polar surface area (TPSA) is 22.4 Å². The number of furan rings is 1. The molecule has 10 rings (SSSR count). The molecule has 1 aromatic heterocycles. The first-order chi connectivity index (χ1) is 22.0. The average Bonchev–Trinajstić information content (AvgIpc) is 3.56. The minimum atomic E-state index is -0.0340. The van der Waals surface area contributed by atoms with Gasteiger partial charge < -0.3 is 9.15 Å². The van der Waals surface area contributed by atoms with Crippen LogP contribution in [0.2, 0.25) is 0 Å². The van der Waals surface area contributed by atoms with Gasteiger partial charge in [-0.3, -0.25) is 0 Å². The van der Waals surface area contributed by atoms with Crippen LogP contribution in [-0.4, -0.2) is 0 Å². The Bertz CT molecular complexity index is 2470. The van der Waals surface area contributed by atoms with E-state index < -0.39 is 0 Å². The van der Waals surface area contributed by atoms with Crippen molar-refractivity contribution in [3.63, 3.8) is 0 Å². The van der Waals surface area contributed by atoms with Crippen LogP contribution in [0.1, 0.15) is 48.4 Å². The van der Waals surface area contributed by atoms with E-state index in [1.165, 1.54) is 60.9 Å². The number of allylic oxidation sites excluding steroid dienone is 4. The van der Waals surface area contributed by atoms with Crippen LogP contribution < -0.4 is 4.74 Å². The second kappa shape index (κ2) is 8.86. The number of para-hydroxylation sites is 1. The summed E-state index contributed by atoms with van der Waals surface area (Å²) >= 11 is 0. The number of fused-ring (bicyclic) bond motifs is 8. The second-order valence-electron chi connectivity index (χ2n) is 13.2. The first-order valence-electron chi connectivity index (χ1n) is 15.9. The lowest BCUT2D eigenvalue weighted by Crippen LogP contribution is -2.17. The van der Waals surface area contributed by atoms with Crippen molar-refractivity contribution in [3.05, 3.63) is 155 Å². The molecule has 45 heavy (non-hydrogen) atoms. The molecule has 6 aromatic carbocycles. The predicted molar refractivity (Wildman–Crippen MR) is 185 cm³/mol. The van der Waals surface area contributed by atoms with Gasteiger partial charge in [-0.2, -0.15) is 0 Å². The Morgan fingerprint density at radius 2 is 1.38 bits per heavy atom. The highest BCUT2D eigenvalue weighted by Crippen LogP contribution is 2.52. The zero-order valence-corrected chi connectivity index (χ0v) is 25.2. The fourth-order valence-electron chi connectivity index (χ4n) is 8.22. The third kappa shape index (κ3) is 3.45. The Labute approximate surface area is 261 Å². The smallest absolute Gasteiger partial charge is 0.135 e. The van der Waals surface area contributed by atoms with Crippen molar-refractivity contribution >= 4 is 38.3 Å². The zero-order chi connectivity index (χ0) is 29.9.